The van der Waals surface area contributed by atoms with Crippen molar-refractivity contribution in [1.82, 2.24) is 4.90 Å². The molecule has 2 atom stereocenters. The number of nitrogens with zero attached hydrogens (tertiary/aromatic N) is 1. The Morgan fingerprint density at radius 3 is 1.27 bits per heavy atom. The molecular formula is C23H49NO2. The van der Waals surface area contributed by atoms with E-state index in [0.717, 1.165) is 36.8 Å². The molecule has 0 amide bonds. The van der Waals surface area contributed by atoms with Crippen molar-refractivity contribution < 1.29 is 9.47 Å². The molecule has 3 heteroatoms. The molecule has 0 heterocycles. The second-order valence-electron chi connectivity index (χ2n) is 9.25. The zero-order valence-electron chi connectivity index (χ0n) is 19.2. The molecule has 158 valence electrons. The first-order chi connectivity index (χ1) is 12.3. The molecule has 0 aliphatic rings. The van der Waals surface area contributed by atoms with Gasteiger partial charge in [0.2, 0.25) is 6.41 Å². The molecule has 0 aliphatic carbocycles. The summed E-state index contributed by atoms with van der Waals surface area (Å²) in [6, 6.07) is 0. The summed E-state index contributed by atoms with van der Waals surface area (Å²) in [6.45, 7) is 16.2. The van der Waals surface area contributed by atoms with E-state index >= 15 is 0 Å². The SMILES string of the molecule is COC(OC)N(CCC(C)CCCC(C)C)CCC(C)CCCC(C)C. The van der Waals surface area contributed by atoms with Gasteiger partial charge in [0, 0.05) is 27.3 Å². The van der Waals surface area contributed by atoms with Gasteiger partial charge in [-0.3, -0.25) is 4.90 Å². The topological polar surface area (TPSA) is 21.7 Å². The molecule has 0 aromatic carbocycles. The molecule has 2 unspecified atom stereocenters. The van der Waals surface area contributed by atoms with E-state index in [1.807, 2.05) is 0 Å². The smallest absolute Gasteiger partial charge is 0.218 e. The maximum atomic E-state index is 5.56. The van der Waals surface area contributed by atoms with E-state index in [1.165, 1.54) is 51.4 Å². The van der Waals surface area contributed by atoms with Crippen molar-refractivity contribution in [2.24, 2.45) is 23.7 Å². The van der Waals surface area contributed by atoms with E-state index in [-0.39, 0.29) is 6.41 Å². The predicted octanol–water partition coefficient (Wildman–Crippen LogP) is 6.57. The van der Waals surface area contributed by atoms with Crippen LogP contribution in [0.2, 0.25) is 0 Å². The van der Waals surface area contributed by atoms with Gasteiger partial charge in [0.05, 0.1) is 0 Å². The summed E-state index contributed by atoms with van der Waals surface area (Å²) in [5.74, 6) is 3.19. The lowest BCUT2D eigenvalue weighted by Gasteiger charge is -2.31. The Kier molecular flexibility index (Phi) is 15.8. The number of ether oxygens (including phenoxy) is 2. The first-order valence-electron chi connectivity index (χ1n) is 11.1. The molecule has 0 bridgehead atoms. The zero-order valence-corrected chi connectivity index (χ0v) is 19.2. The lowest BCUT2D eigenvalue weighted by Crippen LogP contribution is -2.40. The minimum Gasteiger partial charge on any atom is -0.343 e. The zero-order chi connectivity index (χ0) is 19.9. The van der Waals surface area contributed by atoms with Gasteiger partial charge in [-0.15, -0.1) is 0 Å². The van der Waals surface area contributed by atoms with Gasteiger partial charge in [-0.2, -0.15) is 0 Å². The summed E-state index contributed by atoms with van der Waals surface area (Å²) in [5.41, 5.74) is 0. The molecule has 3 nitrogen and oxygen atoms in total. The second kappa shape index (κ2) is 15.9. The van der Waals surface area contributed by atoms with Crippen LogP contribution in [0.15, 0.2) is 0 Å². The highest BCUT2D eigenvalue weighted by atomic mass is 16.7. The first-order valence-corrected chi connectivity index (χ1v) is 11.1. The van der Waals surface area contributed by atoms with E-state index in [2.05, 4.69) is 46.4 Å². The maximum absolute atomic E-state index is 5.56. The summed E-state index contributed by atoms with van der Waals surface area (Å²) in [7, 11) is 3.50. The van der Waals surface area contributed by atoms with Crippen molar-refractivity contribution >= 4 is 0 Å². The first kappa shape index (κ1) is 25.9. The van der Waals surface area contributed by atoms with Crippen LogP contribution in [0.1, 0.15) is 92.9 Å². The predicted molar refractivity (Wildman–Crippen MR) is 114 cm³/mol. The highest BCUT2D eigenvalue weighted by Gasteiger charge is 2.19. The van der Waals surface area contributed by atoms with Gasteiger partial charge in [-0.1, -0.05) is 80.1 Å². The summed E-state index contributed by atoms with van der Waals surface area (Å²) < 4.78 is 11.1. The Morgan fingerprint density at radius 1 is 0.577 bits per heavy atom. The average molecular weight is 372 g/mol. The van der Waals surface area contributed by atoms with E-state index in [1.54, 1.807) is 14.2 Å². The minimum atomic E-state index is -0.208. The van der Waals surface area contributed by atoms with Crippen LogP contribution in [0, 0.1) is 23.7 Å². The number of hydrogen-bond acceptors (Lipinski definition) is 3. The summed E-state index contributed by atoms with van der Waals surface area (Å²) in [5, 5.41) is 0. The van der Waals surface area contributed by atoms with Gasteiger partial charge < -0.3 is 9.47 Å². The van der Waals surface area contributed by atoms with Crippen molar-refractivity contribution in [3.8, 4) is 0 Å². The summed E-state index contributed by atoms with van der Waals surface area (Å²) >= 11 is 0. The average Bonchev–Trinajstić information content (AvgIpc) is 2.56. The molecule has 0 aromatic rings. The molecule has 0 fully saturated rings. The molecule has 26 heavy (non-hydrogen) atoms. The summed E-state index contributed by atoms with van der Waals surface area (Å²) in [6.07, 6.45) is 10.3. The fraction of sp³-hybridized carbons (Fsp3) is 1.00. The minimum absolute atomic E-state index is 0.208. The van der Waals surface area contributed by atoms with Crippen molar-refractivity contribution in [2.45, 2.75) is 99.3 Å². The molecule has 0 saturated heterocycles. The molecule has 0 radical (unpaired) electrons. The maximum Gasteiger partial charge on any atom is 0.218 e. The van der Waals surface area contributed by atoms with Crippen molar-refractivity contribution in [1.29, 1.82) is 0 Å². The molecule has 0 spiro atoms. The van der Waals surface area contributed by atoms with Crippen LogP contribution in [0.5, 0.6) is 0 Å². The van der Waals surface area contributed by atoms with Gasteiger partial charge in [-0.25, -0.2) is 0 Å². The standard InChI is InChI=1S/C23H49NO2/c1-19(2)11-9-13-21(5)15-17-24(23(25-7)26-8)18-16-22(6)14-10-12-20(3)4/h19-23H,9-18H2,1-8H3. The van der Waals surface area contributed by atoms with E-state index in [4.69, 9.17) is 9.47 Å². The van der Waals surface area contributed by atoms with E-state index in [9.17, 15) is 0 Å². The monoisotopic (exact) mass is 371 g/mol. The van der Waals surface area contributed by atoms with Crippen LogP contribution in [0.25, 0.3) is 0 Å². The number of rotatable bonds is 17. The molecule has 0 saturated carbocycles. The fourth-order valence-corrected chi connectivity index (χ4v) is 3.53. The Balaban J connectivity index is 4.27. The van der Waals surface area contributed by atoms with Crippen molar-refractivity contribution in [3.63, 3.8) is 0 Å². The molecular weight excluding hydrogens is 322 g/mol. The molecule has 0 aromatic heterocycles. The Labute approximate surface area is 165 Å². The van der Waals surface area contributed by atoms with Crippen LogP contribution in [0.4, 0.5) is 0 Å². The third-order valence-corrected chi connectivity index (χ3v) is 5.48. The highest BCUT2D eigenvalue weighted by molar-refractivity contribution is 4.65. The molecule has 0 rings (SSSR count). The van der Waals surface area contributed by atoms with Gasteiger partial charge in [-0.05, 0) is 36.5 Å². The Morgan fingerprint density at radius 2 is 0.962 bits per heavy atom. The van der Waals surface area contributed by atoms with Crippen LogP contribution in [-0.4, -0.2) is 38.6 Å². The van der Waals surface area contributed by atoms with Crippen LogP contribution < -0.4 is 0 Å². The number of methoxy groups -OCH3 is 2. The van der Waals surface area contributed by atoms with E-state index < -0.39 is 0 Å². The Hall–Kier alpha value is -0.120. The molecule has 0 aliphatic heterocycles. The Bertz CT molecular complexity index is 279. The van der Waals surface area contributed by atoms with Crippen molar-refractivity contribution in [3.05, 3.63) is 0 Å². The quantitative estimate of drug-likeness (QED) is 0.270. The third kappa shape index (κ3) is 14.0. The lowest BCUT2D eigenvalue weighted by molar-refractivity contribution is -0.197. The van der Waals surface area contributed by atoms with Gasteiger partial charge in [0.25, 0.3) is 0 Å². The van der Waals surface area contributed by atoms with Crippen LogP contribution in [-0.2, 0) is 9.47 Å². The highest BCUT2D eigenvalue weighted by Crippen LogP contribution is 2.19. The van der Waals surface area contributed by atoms with Crippen LogP contribution in [0.3, 0.4) is 0 Å². The van der Waals surface area contributed by atoms with Gasteiger partial charge in [0.1, 0.15) is 0 Å². The fourth-order valence-electron chi connectivity index (χ4n) is 3.53. The normalized spacial score (nSPS) is 14.8. The van der Waals surface area contributed by atoms with Crippen LogP contribution >= 0.6 is 0 Å². The van der Waals surface area contributed by atoms with E-state index in [0.29, 0.717) is 0 Å². The molecule has 0 N–H and O–H groups in total. The van der Waals surface area contributed by atoms with Crippen molar-refractivity contribution in [2.75, 3.05) is 27.3 Å². The second-order valence-corrected chi connectivity index (χ2v) is 9.25. The largest absolute Gasteiger partial charge is 0.343 e. The van der Waals surface area contributed by atoms with Gasteiger partial charge >= 0.3 is 0 Å². The van der Waals surface area contributed by atoms with Gasteiger partial charge in [0.15, 0.2) is 0 Å². The lowest BCUT2D eigenvalue weighted by atomic mass is 9.96. The third-order valence-electron chi connectivity index (χ3n) is 5.48. The summed E-state index contributed by atoms with van der Waals surface area (Å²) in [4.78, 5) is 2.39. The number of hydrogen-bond donors (Lipinski definition) is 0.